The maximum absolute atomic E-state index is 12.7. The van der Waals surface area contributed by atoms with Crippen LogP contribution in [0.25, 0.3) is 0 Å². The number of carbonyl (C=O) groups is 2. The van der Waals surface area contributed by atoms with Crippen molar-refractivity contribution < 1.29 is 23.9 Å². The molecule has 1 amide bonds. The average Bonchev–Trinajstić information content (AvgIpc) is 2.79. The van der Waals surface area contributed by atoms with Crippen LogP contribution < -0.4 is 5.06 Å². The number of rotatable bonds is 7. The maximum Gasteiger partial charge on any atom is 0.439 e. The first-order valence-electron chi connectivity index (χ1n) is 9.03. The predicted molar refractivity (Wildman–Crippen MR) is 108 cm³/mol. The molecule has 0 saturated heterocycles. The van der Waals surface area contributed by atoms with Crippen LogP contribution in [0, 0.1) is 0 Å². The van der Waals surface area contributed by atoms with Gasteiger partial charge in [0.05, 0.1) is 18.4 Å². The Morgan fingerprint density at radius 1 is 0.759 bits per heavy atom. The van der Waals surface area contributed by atoms with Crippen molar-refractivity contribution in [2.45, 2.75) is 13.2 Å². The summed E-state index contributed by atoms with van der Waals surface area (Å²) in [6.45, 7) is 0.297. The monoisotopic (exact) mass is 391 g/mol. The second kappa shape index (κ2) is 10.1. The summed E-state index contributed by atoms with van der Waals surface area (Å²) in [6.07, 6.45) is -0.657. The first-order valence-corrected chi connectivity index (χ1v) is 9.03. The van der Waals surface area contributed by atoms with Crippen molar-refractivity contribution in [3.05, 3.63) is 102 Å². The van der Waals surface area contributed by atoms with E-state index in [4.69, 9.17) is 14.3 Å². The molecule has 0 atom stereocenters. The van der Waals surface area contributed by atoms with E-state index >= 15 is 0 Å². The fraction of sp³-hybridized carbons (Fsp3) is 0.130. The van der Waals surface area contributed by atoms with Crippen molar-refractivity contribution in [3.8, 4) is 0 Å². The normalized spacial score (nSPS) is 10.2. The van der Waals surface area contributed by atoms with E-state index in [1.54, 1.807) is 24.3 Å². The highest BCUT2D eigenvalue weighted by molar-refractivity contribution is 5.91. The van der Waals surface area contributed by atoms with Gasteiger partial charge in [-0.3, -0.25) is 4.84 Å². The van der Waals surface area contributed by atoms with Gasteiger partial charge in [-0.25, -0.2) is 9.59 Å². The SMILES string of the molecule is COC(=O)c1ccc(N(OCc2ccccc2)C(=O)OCc2ccccc2)cc1. The highest BCUT2D eigenvalue weighted by Gasteiger charge is 2.20. The Labute approximate surface area is 169 Å². The first kappa shape index (κ1) is 20.1. The highest BCUT2D eigenvalue weighted by atomic mass is 16.7. The zero-order valence-corrected chi connectivity index (χ0v) is 16.0. The van der Waals surface area contributed by atoms with Crippen molar-refractivity contribution in [2.75, 3.05) is 12.2 Å². The number of esters is 1. The molecule has 6 heteroatoms. The standard InChI is InChI=1S/C23H21NO5/c1-27-22(25)20-12-14-21(15-13-20)24(29-17-19-10-6-3-7-11-19)23(26)28-16-18-8-4-2-5-9-18/h2-15H,16-17H2,1H3. The van der Waals surface area contributed by atoms with Gasteiger partial charge in [-0.2, -0.15) is 5.06 Å². The molecule has 0 spiro atoms. The predicted octanol–water partition coefficient (Wildman–Crippen LogP) is 4.75. The van der Waals surface area contributed by atoms with E-state index in [-0.39, 0.29) is 13.2 Å². The number of carbonyl (C=O) groups excluding carboxylic acids is 2. The number of anilines is 1. The number of hydrogen-bond donors (Lipinski definition) is 0. The minimum Gasteiger partial charge on any atom is -0.465 e. The number of nitrogens with zero attached hydrogens (tertiary/aromatic N) is 1. The molecule has 3 aromatic rings. The smallest absolute Gasteiger partial charge is 0.439 e. The molecule has 3 aromatic carbocycles. The van der Waals surface area contributed by atoms with E-state index in [1.807, 2.05) is 60.7 Å². The zero-order valence-electron chi connectivity index (χ0n) is 16.0. The fourth-order valence-electron chi connectivity index (χ4n) is 2.57. The number of benzene rings is 3. The van der Waals surface area contributed by atoms with Crippen LogP contribution in [0.2, 0.25) is 0 Å². The van der Waals surface area contributed by atoms with Gasteiger partial charge < -0.3 is 9.47 Å². The minimum absolute atomic E-state index is 0.116. The van der Waals surface area contributed by atoms with Gasteiger partial charge >= 0.3 is 12.1 Å². The summed E-state index contributed by atoms with van der Waals surface area (Å²) >= 11 is 0. The van der Waals surface area contributed by atoms with Crippen LogP contribution in [0.3, 0.4) is 0 Å². The molecule has 0 aliphatic rings. The van der Waals surface area contributed by atoms with Crippen LogP contribution >= 0.6 is 0 Å². The third-order valence-electron chi connectivity index (χ3n) is 4.10. The van der Waals surface area contributed by atoms with Gasteiger partial charge in [-0.15, -0.1) is 0 Å². The molecule has 6 nitrogen and oxygen atoms in total. The summed E-state index contributed by atoms with van der Waals surface area (Å²) in [5, 5.41) is 1.08. The van der Waals surface area contributed by atoms with Gasteiger partial charge in [-0.1, -0.05) is 60.7 Å². The molecule has 0 aromatic heterocycles. The van der Waals surface area contributed by atoms with E-state index in [2.05, 4.69) is 0 Å². The van der Waals surface area contributed by atoms with Gasteiger partial charge in [0.15, 0.2) is 0 Å². The van der Waals surface area contributed by atoms with Crippen LogP contribution in [0.5, 0.6) is 0 Å². The number of hydroxylamine groups is 1. The largest absolute Gasteiger partial charge is 0.465 e. The number of methoxy groups -OCH3 is 1. The Bertz CT molecular complexity index is 927. The van der Waals surface area contributed by atoms with Crippen LogP contribution in [0.15, 0.2) is 84.9 Å². The summed E-state index contributed by atoms with van der Waals surface area (Å²) < 4.78 is 10.1. The Morgan fingerprint density at radius 2 is 1.31 bits per heavy atom. The molecule has 0 radical (unpaired) electrons. The lowest BCUT2D eigenvalue weighted by Crippen LogP contribution is -2.31. The Hall–Kier alpha value is -3.64. The van der Waals surface area contributed by atoms with E-state index in [1.165, 1.54) is 7.11 Å². The van der Waals surface area contributed by atoms with E-state index < -0.39 is 12.1 Å². The fourth-order valence-corrected chi connectivity index (χ4v) is 2.57. The number of hydrogen-bond acceptors (Lipinski definition) is 5. The zero-order chi connectivity index (χ0) is 20.5. The topological polar surface area (TPSA) is 65.1 Å². The van der Waals surface area contributed by atoms with Crippen molar-refractivity contribution in [3.63, 3.8) is 0 Å². The van der Waals surface area contributed by atoms with Crippen LogP contribution in [-0.4, -0.2) is 19.2 Å². The van der Waals surface area contributed by atoms with Gasteiger partial charge in [-0.05, 0) is 35.4 Å². The van der Waals surface area contributed by atoms with Crippen LogP contribution in [0.4, 0.5) is 10.5 Å². The summed E-state index contributed by atoms with van der Waals surface area (Å²) in [4.78, 5) is 30.1. The first-order chi connectivity index (χ1) is 14.2. The highest BCUT2D eigenvalue weighted by Crippen LogP contribution is 2.19. The van der Waals surface area contributed by atoms with Crippen molar-refractivity contribution in [2.24, 2.45) is 0 Å². The van der Waals surface area contributed by atoms with Gasteiger partial charge in [0.1, 0.15) is 13.2 Å². The molecule has 0 saturated carbocycles. The Morgan fingerprint density at radius 3 is 1.86 bits per heavy atom. The number of ether oxygens (including phenoxy) is 2. The molecule has 0 heterocycles. The molecule has 29 heavy (non-hydrogen) atoms. The lowest BCUT2D eigenvalue weighted by atomic mass is 10.2. The molecule has 3 rings (SSSR count). The average molecular weight is 391 g/mol. The Balaban J connectivity index is 1.74. The summed E-state index contributed by atoms with van der Waals surface area (Å²) in [5.74, 6) is -0.458. The third-order valence-corrected chi connectivity index (χ3v) is 4.10. The van der Waals surface area contributed by atoms with Crippen molar-refractivity contribution in [1.29, 1.82) is 0 Å². The molecule has 148 valence electrons. The maximum atomic E-state index is 12.7. The van der Waals surface area contributed by atoms with E-state index in [0.29, 0.717) is 11.3 Å². The second-order valence-electron chi connectivity index (χ2n) is 6.13. The van der Waals surface area contributed by atoms with Gasteiger partial charge in [0.2, 0.25) is 0 Å². The lowest BCUT2D eigenvalue weighted by molar-refractivity contribution is 0.0600. The molecular weight excluding hydrogens is 370 g/mol. The summed E-state index contributed by atoms with van der Waals surface area (Å²) in [7, 11) is 1.31. The molecule has 0 fully saturated rings. The molecule has 0 bridgehead atoms. The molecule has 0 unspecified atom stereocenters. The second-order valence-corrected chi connectivity index (χ2v) is 6.13. The number of amides is 1. The molecule has 0 aliphatic heterocycles. The molecule has 0 N–H and O–H groups in total. The molecule has 0 aliphatic carbocycles. The van der Waals surface area contributed by atoms with Crippen LogP contribution in [-0.2, 0) is 27.5 Å². The van der Waals surface area contributed by atoms with Gasteiger partial charge in [0, 0.05) is 0 Å². The van der Waals surface area contributed by atoms with E-state index in [0.717, 1.165) is 16.2 Å². The molecular formula is C23H21NO5. The van der Waals surface area contributed by atoms with Crippen LogP contribution in [0.1, 0.15) is 21.5 Å². The van der Waals surface area contributed by atoms with Gasteiger partial charge in [0.25, 0.3) is 0 Å². The van der Waals surface area contributed by atoms with E-state index in [9.17, 15) is 9.59 Å². The minimum atomic E-state index is -0.657. The quantitative estimate of drug-likeness (QED) is 0.430. The Kier molecular flexibility index (Phi) is 6.97. The summed E-state index contributed by atoms with van der Waals surface area (Å²) in [6, 6.07) is 25.2. The van der Waals surface area contributed by atoms with Crippen molar-refractivity contribution in [1.82, 2.24) is 0 Å². The lowest BCUT2D eigenvalue weighted by Gasteiger charge is -2.21. The third kappa shape index (κ3) is 5.67. The summed E-state index contributed by atoms with van der Waals surface area (Å²) in [5.41, 5.74) is 2.58. The van der Waals surface area contributed by atoms with Crippen molar-refractivity contribution >= 4 is 17.7 Å².